The van der Waals surface area contributed by atoms with Crippen LogP contribution in [-0.4, -0.2) is 59.8 Å². The van der Waals surface area contributed by atoms with Crippen LogP contribution in [0.25, 0.3) is 0 Å². The molecule has 0 aromatic carbocycles. The summed E-state index contributed by atoms with van der Waals surface area (Å²) in [6, 6.07) is 2.70. The average molecular weight is 279 g/mol. The number of nitrogens with two attached hydrogens (primary N) is 1. The van der Waals surface area contributed by atoms with Crippen molar-refractivity contribution in [3.8, 4) is 0 Å². The van der Waals surface area contributed by atoms with Gasteiger partial charge in [0.25, 0.3) is 5.91 Å². The lowest BCUT2D eigenvalue weighted by Gasteiger charge is -2.33. The number of nitrogens with zero attached hydrogens (tertiary/aromatic N) is 1. The SMILES string of the molecule is NC(=O)C1CNCCN1CC(=O)NC(=O)c1ccc[nH]1. The third kappa shape index (κ3) is 3.43. The Morgan fingerprint density at radius 2 is 2.25 bits per heavy atom. The van der Waals surface area contributed by atoms with Crippen LogP contribution in [0.15, 0.2) is 18.3 Å². The third-order valence-electron chi connectivity index (χ3n) is 3.12. The monoisotopic (exact) mass is 279 g/mol. The molecule has 3 amide bonds. The van der Waals surface area contributed by atoms with E-state index >= 15 is 0 Å². The highest BCUT2D eigenvalue weighted by atomic mass is 16.2. The first-order chi connectivity index (χ1) is 9.58. The first-order valence-corrected chi connectivity index (χ1v) is 6.29. The van der Waals surface area contributed by atoms with Crippen LogP contribution in [0.5, 0.6) is 0 Å². The van der Waals surface area contributed by atoms with Gasteiger partial charge in [0.1, 0.15) is 11.7 Å². The van der Waals surface area contributed by atoms with Crippen molar-refractivity contribution in [2.45, 2.75) is 6.04 Å². The molecule has 0 bridgehead atoms. The molecule has 0 aliphatic carbocycles. The van der Waals surface area contributed by atoms with E-state index in [1.54, 1.807) is 23.2 Å². The largest absolute Gasteiger partial charge is 0.368 e. The summed E-state index contributed by atoms with van der Waals surface area (Å²) in [6.07, 6.45) is 1.60. The molecule has 0 saturated carbocycles. The summed E-state index contributed by atoms with van der Waals surface area (Å²) < 4.78 is 0. The van der Waals surface area contributed by atoms with Crippen LogP contribution in [0.4, 0.5) is 0 Å². The van der Waals surface area contributed by atoms with Crippen LogP contribution in [0, 0.1) is 0 Å². The Balaban J connectivity index is 1.90. The molecule has 1 fully saturated rings. The van der Waals surface area contributed by atoms with Crippen molar-refractivity contribution in [1.82, 2.24) is 20.5 Å². The number of amides is 3. The fourth-order valence-electron chi connectivity index (χ4n) is 2.11. The number of carbonyl (C=O) groups excluding carboxylic acids is 3. The summed E-state index contributed by atoms with van der Waals surface area (Å²) in [5, 5.41) is 5.30. The lowest BCUT2D eigenvalue weighted by Crippen LogP contribution is -2.59. The molecule has 108 valence electrons. The van der Waals surface area contributed by atoms with Crippen LogP contribution >= 0.6 is 0 Å². The number of rotatable bonds is 4. The van der Waals surface area contributed by atoms with Crippen molar-refractivity contribution in [3.63, 3.8) is 0 Å². The first-order valence-electron chi connectivity index (χ1n) is 6.29. The number of primary amides is 1. The van der Waals surface area contributed by atoms with E-state index in [0.717, 1.165) is 0 Å². The van der Waals surface area contributed by atoms with Gasteiger partial charge in [0, 0.05) is 25.8 Å². The minimum atomic E-state index is -0.532. The van der Waals surface area contributed by atoms with Gasteiger partial charge in [-0.15, -0.1) is 0 Å². The van der Waals surface area contributed by atoms with Crippen LogP contribution in [0.3, 0.4) is 0 Å². The zero-order valence-corrected chi connectivity index (χ0v) is 10.9. The van der Waals surface area contributed by atoms with E-state index in [4.69, 9.17) is 5.73 Å². The van der Waals surface area contributed by atoms with Crippen LogP contribution < -0.4 is 16.4 Å². The molecule has 1 atom stereocenters. The summed E-state index contributed by atoms with van der Waals surface area (Å²) in [6.45, 7) is 1.56. The first kappa shape index (κ1) is 14.2. The van der Waals surface area contributed by atoms with E-state index in [1.807, 2.05) is 0 Å². The number of piperazine rings is 1. The Hall–Kier alpha value is -2.19. The zero-order valence-electron chi connectivity index (χ0n) is 10.9. The van der Waals surface area contributed by atoms with E-state index in [-0.39, 0.29) is 6.54 Å². The smallest absolute Gasteiger partial charge is 0.274 e. The molecule has 0 spiro atoms. The standard InChI is InChI=1S/C12H17N5O3/c13-11(19)9-6-14-4-5-17(9)7-10(18)16-12(20)8-2-1-3-15-8/h1-3,9,14-15H,4-7H2,(H2,13,19)(H,16,18,20). The van der Waals surface area contributed by atoms with Gasteiger partial charge in [-0.05, 0) is 12.1 Å². The van der Waals surface area contributed by atoms with Gasteiger partial charge >= 0.3 is 0 Å². The fraction of sp³-hybridized carbons (Fsp3) is 0.417. The number of aromatic nitrogens is 1. The second-order valence-corrected chi connectivity index (χ2v) is 4.55. The Labute approximate surface area is 115 Å². The van der Waals surface area contributed by atoms with Gasteiger partial charge in [-0.1, -0.05) is 0 Å². The minimum Gasteiger partial charge on any atom is -0.368 e. The third-order valence-corrected chi connectivity index (χ3v) is 3.12. The number of nitrogens with one attached hydrogen (secondary N) is 3. The molecule has 5 N–H and O–H groups in total. The molecule has 8 heteroatoms. The number of aromatic amines is 1. The number of hydrogen-bond donors (Lipinski definition) is 4. The molecule has 0 radical (unpaired) electrons. The molecule has 20 heavy (non-hydrogen) atoms. The Bertz CT molecular complexity index is 499. The molecular weight excluding hydrogens is 262 g/mol. The van der Waals surface area contributed by atoms with Crippen molar-refractivity contribution < 1.29 is 14.4 Å². The van der Waals surface area contributed by atoms with E-state index in [2.05, 4.69) is 15.6 Å². The van der Waals surface area contributed by atoms with Crippen molar-refractivity contribution in [2.24, 2.45) is 5.73 Å². The maximum absolute atomic E-state index is 11.8. The Morgan fingerprint density at radius 3 is 2.90 bits per heavy atom. The van der Waals surface area contributed by atoms with Crippen LogP contribution in [0.1, 0.15) is 10.5 Å². The van der Waals surface area contributed by atoms with E-state index in [9.17, 15) is 14.4 Å². The van der Waals surface area contributed by atoms with Gasteiger partial charge in [0.05, 0.1) is 6.54 Å². The Kier molecular flexibility index (Phi) is 4.49. The number of H-pyrrole nitrogens is 1. The molecule has 2 rings (SSSR count). The highest BCUT2D eigenvalue weighted by molar-refractivity contribution is 6.04. The normalized spacial score (nSPS) is 19.5. The van der Waals surface area contributed by atoms with Crippen LogP contribution in [0.2, 0.25) is 0 Å². The molecule has 1 aromatic rings. The molecule has 1 saturated heterocycles. The summed E-state index contributed by atoms with van der Waals surface area (Å²) in [5.41, 5.74) is 5.60. The van der Waals surface area contributed by atoms with Crippen molar-refractivity contribution in [1.29, 1.82) is 0 Å². The Morgan fingerprint density at radius 1 is 1.45 bits per heavy atom. The lowest BCUT2D eigenvalue weighted by molar-refractivity contribution is -0.127. The maximum atomic E-state index is 11.8. The van der Waals surface area contributed by atoms with Crippen molar-refractivity contribution in [3.05, 3.63) is 24.0 Å². The molecule has 1 aliphatic rings. The minimum absolute atomic E-state index is 0.0399. The summed E-state index contributed by atoms with van der Waals surface area (Å²) >= 11 is 0. The van der Waals surface area contributed by atoms with E-state index < -0.39 is 23.8 Å². The van der Waals surface area contributed by atoms with Crippen molar-refractivity contribution in [2.75, 3.05) is 26.2 Å². The van der Waals surface area contributed by atoms with E-state index in [0.29, 0.717) is 25.3 Å². The van der Waals surface area contributed by atoms with Gasteiger partial charge in [-0.2, -0.15) is 0 Å². The second kappa shape index (κ2) is 6.31. The lowest BCUT2D eigenvalue weighted by atomic mass is 10.2. The predicted octanol–water partition coefficient (Wildman–Crippen LogP) is -1.97. The van der Waals surface area contributed by atoms with Gasteiger partial charge in [0.2, 0.25) is 11.8 Å². The van der Waals surface area contributed by atoms with Gasteiger partial charge in [-0.3, -0.25) is 24.6 Å². The molecule has 1 aliphatic heterocycles. The molecule has 1 unspecified atom stereocenters. The highest BCUT2D eigenvalue weighted by Gasteiger charge is 2.28. The number of imide groups is 1. The fourth-order valence-corrected chi connectivity index (χ4v) is 2.11. The maximum Gasteiger partial charge on any atom is 0.274 e. The molecule has 2 heterocycles. The topological polar surface area (TPSA) is 120 Å². The summed E-state index contributed by atoms with van der Waals surface area (Å²) in [4.78, 5) is 39.2. The van der Waals surface area contributed by atoms with Crippen LogP contribution in [-0.2, 0) is 9.59 Å². The van der Waals surface area contributed by atoms with Gasteiger partial charge in [0.15, 0.2) is 0 Å². The van der Waals surface area contributed by atoms with Crippen molar-refractivity contribution >= 4 is 17.7 Å². The summed E-state index contributed by atoms with van der Waals surface area (Å²) in [5.74, 6) is -1.44. The van der Waals surface area contributed by atoms with E-state index in [1.165, 1.54) is 0 Å². The quantitative estimate of drug-likeness (QED) is 0.509. The number of hydrogen-bond acceptors (Lipinski definition) is 5. The summed E-state index contributed by atoms with van der Waals surface area (Å²) in [7, 11) is 0. The second-order valence-electron chi connectivity index (χ2n) is 4.55. The predicted molar refractivity (Wildman–Crippen MR) is 70.7 cm³/mol. The average Bonchev–Trinajstić information content (AvgIpc) is 2.92. The highest BCUT2D eigenvalue weighted by Crippen LogP contribution is 2.02. The van der Waals surface area contributed by atoms with Gasteiger partial charge < -0.3 is 16.0 Å². The van der Waals surface area contributed by atoms with Gasteiger partial charge in [-0.25, -0.2) is 0 Å². The zero-order chi connectivity index (χ0) is 14.5. The molecule has 1 aromatic heterocycles. The molecule has 8 nitrogen and oxygen atoms in total. The molecular formula is C12H17N5O3. The number of carbonyl (C=O) groups is 3.